The molecule has 122 valence electrons. The highest BCUT2D eigenvalue weighted by atomic mass is 16.2. The number of aromatic nitrogens is 3. The van der Waals surface area contributed by atoms with Crippen molar-refractivity contribution in [3.05, 3.63) is 31.2 Å². The molecule has 0 bridgehead atoms. The molecule has 2 aromatic rings. The average Bonchev–Trinajstić information content (AvgIpc) is 3.03. The number of amides is 1. The summed E-state index contributed by atoms with van der Waals surface area (Å²) >= 11 is 0. The Kier molecular flexibility index (Phi) is 4.29. The molecule has 0 unspecified atom stereocenters. The van der Waals surface area contributed by atoms with Gasteiger partial charge in [-0.05, 0) is 32.7 Å². The number of carbonyl (C=O) groups excluding carboxylic acids is 1. The second-order valence-electron chi connectivity index (χ2n) is 6.10. The summed E-state index contributed by atoms with van der Waals surface area (Å²) in [7, 11) is 4.08. The number of hydrogen-bond acceptors (Lipinski definition) is 5. The quantitative estimate of drug-likeness (QED) is 0.826. The van der Waals surface area contributed by atoms with Crippen LogP contribution in [-0.4, -0.2) is 69.9 Å². The summed E-state index contributed by atoms with van der Waals surface area (Å²) in [5.74, 6) is 0.768. The molecule has 1 aliphatic heterocycles. The topological polar surface area (TPSA) is 77.1 Å². The minimum absolute atomic E-state index is 0.0298. The number of H-pyrrole nitrogens is 1. The maximum absolute atomic E-state index is 12.0. The fourth-order valence-corrected chi connectivity index (χ4v) is 3.04. The Morgan fingerprint density at radius 2 is 2.30 bits per heavy atom. The van der Waals surface area contributed by atoms with Crippen LogP contribution in [0.25, 0.3) is 11.0 Å². The first kappa shape index (κ1) is 15.5. The number of fused-ring (bicyclic) bond motifs is 1. The van der Waals surface area contributed by atoms with Gasteiger partial charge in [-0.25, -0.2) is 9.97 Å². The van der Waals surface area contributed by atoms with Crippen LogP contribution in [0, 0.1) is 0 Å². The van der Waals surface area contributed by atoms with E-state index in [-0.39, 0.29) is 11.9 Å². The Balaban J connectivity index is 1.81. The zero-order valence-electron chi connectivity index (χ0n) is 13.5. The van der Waals surface area contributed by atoms with Crippen LogP contribution in [0.3, 0.4) is 0 Å². The Labute approximate surface area is 135 Å². The van der Waals surface area contributed by atoms with Crippen molar-refractivity contribution in [3.63, 3.8) is 0 Å². The molecule has 1 fully saturated rings. The highest BCUT2D eigenvalue weighted by Crippen LogP contribution is 2.22. The molecule has 3 heterocycles. The second-order valence-corrected chi connectivity index (χ2v) is 6.10. The van der Waals surface area contributed by atoms with E-state index in [9.17, 15) is 4.79 Å². The molecule has 7 heteroatoms. The molecule has 2 aromatic heterocycles. The molecule has 0 radical (unpaired) electrons. The van der Waals surface area contributed by atoms with Crippen LogP contribution in [0.5, 0.6) is 0 Å². The van der Waals surface area contributed by atoms with E-state index in [1.165, 1.54) is 6.08 Å². The number of likely N-dealkylation sites (N-methyl/N-ethyl adjacent to an activating group) is 1. The number of carbonyl (C=O) groups is 1. The molecule has 7 nitrogen and oxygen atoms in total. The Hall–Kier alpha value is -2.41. The minimum Gasteiger partial charge on any atom is -0.365 e. The number of anilines is 1. The fourth-order valence-electron chi connectivity index (χ4n) is 3.04. The number of rotatable bonds is 4. The lowest BCUT2D eigenvalue weighted by atomic mass is 9.99. The van der Waals surface area contributed by atoms with E-state index in [1.54, 1.807) is 6.33 Å². The molecule has 0 spiro atoms. The summed E-state index contributed by atoms with van der Waals surface area (Å²) < 4.78 is 0. The first-order valence-corrected chi connectivity index (χ1v) is 7.71. The van der Waals surface area contributed by atoms with E-state index in [0.717, 1.165) is 29.8 Å². The maximum Gasteiger partial charge on any atom is 0.246 e. The van der Waals surface area contributed by atoms with Crippen molar-refractivity contribution in [2.75, 3.05) is 32.5 Å². The molecule has 1 saturated heterocycles. The predicted octanol–water partition coefficient (Wildman–Crippen LogP) is 1.09. The largest absolute Gasteiger partial charge is 0.365 e. The first-order chi connectivity index (χ1) is 11.1. The van der Waals surface area contributed by atoms with Gasteiger partial charge >= 0.3 is 0 Å². The van der Waals surface area contributed by atoms with Gasteiger partial charge in [0.1, 0.15) is 17.8 Å². The highest BCUT2D eigenvalue weighted by Gasteiger charge is 2.30. The predicted molar refractivity (Wildman–Crippen MR) is 90.2 cm³/mol. The van der Waals surface area contributed by atoms with E-state index in [1.807, 2.05) is 31.3 Å². The number of aromatic amines is 1. The lowest BCUT2D eigenvalue weighted by Crippen LogP contribution is -2.54. The minimum atomic E-state index is -0.0298. The van der Waals surface area contributed by atoms with Gasteiger partial charge in [-0.15, -0.1) is 0 Å². The molecule has 3 rings (SSSR count). The van der Waals surface area contributed by atoms with E-state index < -0.39 is 0 Å². The lowest BCUT2D eigenvalue weighted by molar-refractivity contribution is -0.128. The normalized spacial score (nSPS) is 21.6. The van der Waals surface area contributed by atoms with Gasteiger partial charge < -0.3 is 20.1 Å². The van der Waals surface area contributed by atoms with Crippen LogP contribution in [0.15, 0.2) is 31.2 Å². The Morgan fingerprint density at radius 3 is 3.04 bits per heavy atom. The van der Waals surface area contributed by atoms with Gasteiger partial charge in [0.05, 0.1) is 5.39 Å². The number of nitrogens with one attached hydrogen (secondary N) is 2. The summed E-state index contributed by atoms with van der Waals surface area (Å²) in [5.41, 5.74) is 0.807. The molecule has 1 aliphatic rings. The van der Waals surface area contributed by atoms with Gasteiger partial charge in [-0.1, -0.05) is 6.58 Å². The highest BCUT2D eigenvalue weighted by molar-refractivity contribution is 5.88. The van der Waals surface area contributed by atoms with Crippen LogP contribution >= 0.6 is 0 Å². The summed E-state index contributed by atoms with van der Waals surface area (Å²) in [5, 5.41) is 4.44. The first-order valence-electron chi connectivity index (χ1n) is 7.71. The van der Waals surface area contributed by atoms with Crippen LogP contribution in [0.4, 0.5) is 5.82 Å². The van der Waals surface area contributed by atoms with E-state index in [2.05, 4.69) is 31.7 Å². The van der Waals surface area contributed by atoms with E-state index in [4.69, 9.17) is 0 Å². The van der Waals surface area contributed by atoms with Crippen molar-refractivity contribution in [1.82, 2.24) is 24.8 Å². The van der Waals surface area contributed by atoms with E-state index >= 15 is 0 Å². The smallest absolute Gasteiger partial charge is 0.246 e. The molecule has 0 aliphatic carbocycles. The van der Waals surface area contributed by atoms with Gasteiger partial charge in [0, 0.05) is 31.4 Å². The molecule has 1 amide bonds. The lowest BCUT2D eigenvalue weighted by Gasteiger charge is -2.40. The van der Waals surface area contributed by atoms with Gasteiger partial charge in [0.25, 0.3) is 0 Å². The zero-order chi connectivity index (χ0) is 16.4. The van der Waals surface area contributed by atoms with Gasteiger partial charge in [-0.2, -0.15) is 0 Å². The third kappa shape index (κ3) is 3.19. The van der Waals surface area contributed by atoms with Gasteiger partial charge in [0.2, 0.25) is 5.91 Å². The molecule has 2 atom stereocenters. The molecule has 0 saturated carbocycles. The number of likely N-dealkylation sites (tertiary alicyclic amines) is 1. The Bertz CT molecular complexity index is 709. The van der Waals surface area contributed by atoms with Crippen molar-refractivity contribution in [1.29, 1.82) is 0 Å². The number of piperidine rings is 1. The standard InChI is InChI=1S/C16H22N6O/c1-4-14(23)22-8-11(7-12(9-22)21(2)3)20-16-13-5-6-17-15(13)18-10-19-16/h4-6,10-12H,1,7-9H2,2-3H3,(H2,17,18,19,20)/t11-,12-/m1/s1. The SMILES string of the molecule is C=CC(=O)N1C[C@H](Nc2ncnc3[nH]ccc23)C[C@@H](N(C)C)C1. The summed E-state index contributed by atoms with van der Waals surface area (Å²) in [6.07, 6.45) is 5.72. The van der Waals surface area contributed by atoms with Crippen molar-refractivity contribution < 1.29 is 4.79 Å². The summed E-state index contributed by atoms with van der Waals surface area (Å²) in [6, 6.07) is 2.39. The molecule has 0 aromatic carbocycles. The number of hydrogen-bond donors (Lipinski definition) is 2. The van der Waals surface area contributed by atoms with Crippen LogP contribution < -0.4 is 5.32 Å². The molecule has 2 N–H and O–H groups in total. The van der Waals surface area contributed by atoms with Gasteiger partial charge in [-0.3, -0.25) is 4.79 Å². The second kappa shape index (κ2) is 6.37. The maximum atomic E-state index is 12.0. The Morgan fingerprint density at radius 1 is 1.48 bits per heavy atom. The number of nitrogens with zero attached hydrogens (tertiary/aromatic N) is 4. The third-order valence-electron chi connectivity index (χ3n) is 4.34. The van der Waals surface area contributed by atoms with Crippen LogP contribution in [0.2, 0.25) is 0 Å². The zero-order valence-corrected chi connectivity index (χ0v) is 13.5. The van der Waals surface area contributed by atoms with Crippen LogP contribution in [0.1, 0.15) is 6.42 Å². The van der Waals surface area contributed by atoms with Gasteiger partial charge in [0.15, 0.2) is 0 Å². The molecule has 23 heavy (non-hydrogen) atoms. The van der Waals surface area contributed by atoms with Crippen molar-refractivity contribution in [2.45, 2.75) is 18.5 Å². The van der Waals surface area contributed by atoms with Crippen molar-refractivity contribution >= 4 is 22.8 Å². The molecular formula is C16H22N6O. The summed E-state index contributed by atoms with van der Waals surface area (Å²) in [4.78, 5) is 27.7. The monoisotopic (exact) mass is 314 g/mol. The third-order valence-corrected chi connectivity index (χ3v) is 4.34. The summed E-state index contributed by atoms with van der Waals surface area (Å²) in [6.45, 7) is 4.96. The van der Waals surface area contributed by atoms with Crippen LogP contribution in [-0.2, 0) is 4.79 Å². The van der Waals surface area contributed by atoms with Crippen molar-refractivity contribution in [2.24, 2.45) is 0 Å². The molecular weight excluding hydrogens is 292 g/mol. The van der Waals surface area contributed by atoms with E-state index in [0.29, 0.717) is 12.6 Å². The van der Waals surface area contributed by atoms with Crippen molar-refractivity contribution in [3.8, 4) is 0 Å². The average molecular weight is 314 g/mol. The fraction of sp³-hybridized carbons (Fsp3) is 0.438.